The molecule has 12 heteroatoms. The second-order valence-electron chi connectivity index (χ2n) is 15.9. The highest BCUT2D eigenvalue weighted by molar-refractivity contribution is 8.00. The predicted molar refractivity (Wildman–Crippen MR) is 202 cm³/mol. The van der Waals surface area contributed by atoms with Crippen LogP contribution in [0.5, 0.6) is 0 Å². The van der Waals surface area contributed by atoms with Crippen LogP contribution in [0.15, 0.2) is 66.1 Å². The number of thioether (sulfide) groups is 1. The van der Waals surface area contributed by atoms with Crippen molar-refractivity contribution in [3.05, 3.63) is 71.3 Å². The number of nitrogens with zero attached hydrogens (tertiary/aromatic N) is 3. The van der Waals surface area contributed by atoms with E-state index in [4.69, 9.17) is 4.74 Å². The number of nitrogens with one attached hydrogen (secondary N) is 1. The minimum absolute atomic E-state index is 0.0198. The molecule has 3 aliphatic carbocycles. The van der Waals surface area contributed by atoms with Crippen molar-refractivity contribution in [2.24, 2.45) is 34.0 Å². The van der Waals surface area contributed by atoms with Crippen LogP contribution in [0.25, 0.3) is 0 Å². The van der Waals surface area contributed by atoms with Gasteiger partial charge >= 0.3 is 5.97 Å². The molecule has 1 heterocycles. The summed E-state index contributed by atoms with van der Waals surface area (Å²) >= 11 is 1.30. The molecule has 4 aliphatic rings. The number of Topliss-reactive ketones (excluding diaryl/α,β-unsaturated/α-hetero) is 1. The lowest BCUT2D eigenvalue weighted by Gasteiger charge is -2.61. The van der Waals surface area contributed by atoms with Crippen LogP contribution in [0, 0.1) is 44.1 Å². The van der Waals surface area contributed by atoms with E-state index in [1.165, 1.54) is 23.9 Å². The minimum Gasteiger partial charge on any atom is -0.461 e. The van der Waals surface area contributed by atoms with E-state index in [-0.39, 0.29) is 52.8 Å². The number of aliphatic hydroxyl groups is 1. The molecule has 2 aromatic rings. The molecule has 0 aromatic heterocycles. The average Bonchev–Trinajstić information content (AvgIpc) is 3.49. The number of ether oxygens (including phenoxy) is 1. The Hall–Kier alpha value is -3.74. The summed E-state index contributed by atoms with van der Waals surface area (Å²) in [7, 11) is 0. The molecule has 0 spiro atoms. The van der Waals surface area contributed by atoms with E-state index < -0.39 is 33.9 Å². The summed E-state index contributed by atoms with van der Waals surface area (Å²) < 4.78 is 6.42. The van der Waals surface area contributed by atoms with Crippen molar-refractivity contribution in [1.29, 1.82) is 0 Å². The summed E-state index contributed by atoms with van der Waals surface area (Å²) in [5, 5.41) is 25.8. The monoisotopic (exact) mass is 732 g/mol. The number of amides is 1. The molecule has 8 atom stereocenters. The summed E-state index contributed by atoms with van der Waals surface area (Å²) in [5.41, 5.74) is -0.0248. The Labute approximate surface area is 310 Å². The largest absolute Gasteiger partial charge is 0.461 e. The lowest BCUT2D eigenvalue weighted by molar-refractivity contribution is -0.384. The molecule has 6 rings (SSSR count). The number of anilines is 2. The van der Waals surface area contributed by atoms with Gasteiger partial charge in [-0.1, -0.05) is 45.9 Å². The molecule has 0 unspecified atom stereocenters. The molecule has 2 N–H and O–H groups in total. The van der Waals surface area contributed by atoms with Crippen LogP contribution in [-0.4, -0.2) is 83.3 Å². The van der Waals surface area contributed by atoms with Gasteiger partial charge in [-0.15, -0.1) is 18.3 Å². The quantitative estimate of drug-likeness (QED) is 0.0933. The molecule has 4 fully saturated rings. The number of nitro benzene ring substituents is 1. The van der Waals surface area contributed by atoms with Gasteiger partial charge in [0, 0.05) is 72.1 Å². The van der Waals surface area contributed by atoms with E-state index in [2.05, 4.69) is 42.5 Å². The number of carbonyl (C=O) groups is 3. The number of non-ortho nitro benzene ring substituents is 1. The smallest absolute Gasteiger partial charge is 0.316 e. The Kier molecular flexibility index (Phi) is 10.9. The zero-order valence-electron chi connectivity index (χ0n) is 30.7. The first-order valence-electron chi connectivity index (χ1n) is 18.5. The maximum absolute atomic E-state index is 13.7. The summed E-state index contributed by atoms with van der Waals surface area (Å²) in [4.78, 5) is 56.2. The van der Waals surface area contributed by atoms with Gasteiger partial charge in [0.1, 0.15) is 11.9 Å². The van der Waals surface area contributed by atoms with Crippen molar-refractivity contribution in [3.63, 3.8) is 0 Å². The normalized spacial score (nSPS) is 33.4. The number of benzene rings is 2. The van der Waals surface area contributed by atoms with Crippen LogP contribution in [0.1, 0.15) is 59.8 Å². The number of esters is 1. The number of piperazine rings is 1. The Morgan fingerprint density at radius 1 is 1.10 bits per heavy atom. The van der Waals surface area contributed by atoms with Crippen LogP contribution in [0.4, 0.5) is 17.1 Å². The zero-order chi connectivity index (χ0) is 37.4. The summed E-state index contributed by atoms with van der Waals surface area (Å²) in [6, 6.07) is 13.9. The van der Waals surface area contributed by atoms with E-state index in [1.54, 1.807) is 18.2 Å². The van der Waals surface area contributed by atoms with Gasteiger partial charge in [-0.25, -0.2) is 0 Å². The highest BCUT2D eigenvalue weighted by Gasteiger charge is 2.68. The molecule has 1 saturated heterocycles. The van der Waals surface area contributed by atoms with E-state index >= 15 is 0 Å². The van der Waals surface area contributed by atoms with Crippen LogP contribution in [0.2, 0.25) is 0 Å². The second kappa shape index (κ2) is 14.9. The lowest BCUT2D eigenvalue weighted by Crippen LogP contribution is -2.63. The lowest BCUT2D eigenvalue weighted by atomic mass is 9.44. The fourth-order valence-corrected chi connectivity index (χ4v) is 10.7. The van der Waals surface area contributed by atoms with Gasteiger partial charge in [-0.3, -0.25) is 29.4 Å². The fraction of sp³-hybridized carbons (Fsp3) is 0.575. The van der Waals surface area contributed by atoms with Crippen molar-refractivity contribution in [1.82, 2.24) is 4.90 Å². The third-order valence-electron chi connectivity index (χ3n) is 13.2. The number of ketones is 1. The topological polar surface area (TPSA) is 142 Å². The van der Waals surface area contributed by atoms with Gasteiger partial charge < -0.3 is 20.1 Å². The zero-order valence-corrected chi connectivity index (χ0v) is 31.5. The maximum atomic E-state index is 13.7. The molecule has 1 amide bonds. The Balaban J connectivity index is 1.09. The standard InChI is InChI=1S/C40H52N4O7S/c1-6-38(4)23-33(39(5)26(2)15-17-40(27(3)37(38)48)18-16-31(45)36(39)40)51-35(47)25-52-32-10-8-7-9-30(32)41-34(46)24-42-19-21-43(22-20-42)28-11-13-29(14-12-28)44(49)50/h6-14,26-27,33,36-37,48H,1,15-25H2,2-5H3,(H,41,46)/t26-,27+,33-,36+,37+,38-,39+,40+/m1/s1. The van der Waals surface area contributed by atoms with E-state index in [1.807, 2.05) is 31.2 Å². The fourth-order valence-electron chi connectivity index (χ4n) is 9.87. The highest BCUT2D eigenvalue weighted by Crippen LogP contribution is 2.68. The number of para-hydroxylation sites is 1. The first kappa shape index (κ1) is 38.0. The molecule has 2 aromatic carbocycles. The number of rotatable bonds is 10. The van der Waals surface area contributed by atoms with Crippen LogP contribution in [-0.2, 0) is 19.1 Å². The van der Waals surface area contributed by atoms with E-state index in [9.17, 15) is 29.6 Å². The predicted octanol–water partition coefficient (Wildman–Crippen LogP) is 6.35. The summed E-state index contributed by atoms with van der Waals surface area (Å²) in [5.74, 6) is -0.538. The van der Waals surface area contributed by atoms with Gasteiger partial charge in [-0.2, -0.15) is 0 Å². The first-order valence-corrected chi connectivity index (χ1v) is 19.5. The van der Waals surface area contributed by atoms with Gasteiger partial charge in [0.25, 0.3) is 5.69 Å². The SMILES string of the molecule is C=C[C@]1(C)C[C@@H](OC(=O)CSc2ccccc2NC(=O)CN2CCN(c3ccc([N+](=O)[O-])cc3)CC2)[C@]2(C)[C@H](C)CC[C@]3(CCC(=O)[C@H]32)[C@@H](C)[C@@H]1O. The molecule has 52 heavy (non-hydrogen) atoms. The molecule has 3 saturated carbocycles. The van der Waals surface area contributed by atoms with Crippen LogP contribution in [0.3, 0.4) is 0 Å². The number of aliphatic hydroxyl groups excluding tert-OH is 1. The Morgan fingerprint density at radius 3 is 2.46 bits per heavy atom. The van der Waals surface area contributed by atoms with Gasteiger partial charge in [0.15, 0.2) is 0 Å². The maximum Gasteiger partial charge on any atom is 0.316 e. The van der Waals surface area contributed by atoms with Crippen LogP contribution < -0.4 is 10.2 Å². The van der Waals surface area contributed by atoms with Gasteiger partial charge in [0.2, 0.25) is 5.91 Å². The number of carbonyl (C=O) groups excluding carboxylic acids is 3. The summed E-state index contributed by atoms with van der Waals surface area (Å²) in [6.45, 7) is 15.4. The molecule has 280 valence electrons. The second-order valence-corrected chi connectivity index (χ2v) is 17.0. The molecular weight excluding hydrogens is 681 g/mol. The number of hydrogen-bond donors (Lipinski definition) is 2. The first-order chi connectivity index (χ1) is 24.7. The minimum atomic E-state index is -0.721. The van der Waals surface area contributed by atoms with Crippen molar-refractivity contribution in [2.75, 3.05) is 48.7 Å². The molecule has 2 bridgehead atoms. The van der Waals surface area contributed by atoms with Crippen molar-refractivity contribution in [2.45, 2.75) is 76.9 Å². The molecule has 1 aliphatic heterocycles. The number of hydrogen-bond acceptors (Lipinski definition) is 10. The third-order valence-corrected chi connectivity index (χ3v) is 14.3. The molecular formula is C40H52N4O7S. The Bertz CT molecular complexity index is 1700. The van der Waals surface area contributed by atoms with Gasteiger partial charge in [0.05, 0.1) is 29.0 Å². The Morgan fingerprint density at radius 2 is 1.79 bits per heavy atom. The van der Waals surface area contributed by atoms with Crippen molar-refractivity contribution >= 4 is 46.5 Å². The van der Waals surface area contributed by atoms with Crippen LogP contribution >= 0.6 is 11.8 Å². The molecule has 11 nitrogen and oxygen atoms in total. The van der Waals surface area contributed by atoms with Crippen molar-refractivity contribution in [3.8, 4) is 0 Å². The van der Waals surface area contributed by atoms with E-state index in [0.717, 1.165) is 29.8 Å². The van der Waals surface area contributed by atoms with E-state index in [0.29, 0.717) is 44.7 Å². The third kappa shape index (κ3) is 7.01. The highest BCUT2D eigenvalue weighted by atomic mass is 32.2. The summed E-state index contributed by atoms with van der Waals surface area (Å²) in [6.07, 6.45) is 3.92. The average molecular weight is 733 g/mol. The molecule has 0 radical (unpaired) electrons. The van der Waals surface area contributed by atoms with Gasteiger partial charge in [-0.05, 0) is 67.2 Å². The number of nitro groups is 1. The van der Waals surface area contributed by atoms with Crippen molar-refractivity contribution < 1.29 is 29.2 Å².